The largest absolute Gasteiger partial charge is 0.480 e. The fourth-order valence-electron chi connectivity index (χ4n) is 1.07. The fourth-order valence-corrected chi connectivity index (χ4v) is 1.07. The van der Waals surface area contributed by atoms with Crippen LogP contribution in [0, 0.1) is 10.1 Å². The number of nitrogens with zero attached hydrogens (tertiary/aromatic N) is 1. The molecule has 0 aliphatic heterocycles. The Hall–Kier alpha value is -2.15. The standard InChI is InChI=1S/C9H10N2O5/c12-5-8(9(13)14)10-6-1-3-7(4-2-6)11(15)16/h1-4,8,10,12H,5H2,(H,13,14). The second-order valence-corrected chi connectivity index (χ2v) is 3.02. The number of carbonyl (C=O) groups is 1. The molecule has 1 aromatic rings. The van der Waals surface area contributed by atoms with Gasteiger partial charge in [-0.25, -0.2) is 4.79 Å². The Balaban J connectivity index is 2.75. The van der Waals surface area contributed by atoms with Crippen LogP contribution in [0.15, 0.2) is 24.3 Å². The van der Waals surface area contributed by atoms with Crippen molar-refractivity contribution < 1.29 is 19.9 Å². The third kappa shape index (κ3) is 2.92. The highest BCUT2D eigenvalue weighted by molar-refractivity contribution is 5.77. The van der Waals surface area contributed by atoms with Gasteiger partial charge < -0.3 is 15.5 Å². The summed E-state index contributed by atoms with van der Waals surface area (Å²) < 4.78 is 0. The van der Waals surface area contributed by atoms with Crippen LogP contribution in [0.4, 0.5) is 11.4 Å². The van der Waals surface area contributed by atoms with Gasteiger partial charge in [0.15, 0.2) is 0 Å². The van der Waals surface area contributed by atoms with Crippen molar-refractivity contribution in [1.82, 2.24) is 0 Å². The summed E-state index contributed by atoms with van der Waals surface area (Å²) in [5.41, 5.74) is 0.313. The quantitative estimate of drug-likeness (QED) is 0.496. The van der Waals surface area contributed by atoms with Crippen LogP contribution < -0.4 is 5.32 Å². The highest BCUT2D eigenvalue weighted by Gasteiger charge is 2.15. The predicted molar refractivity (Wildman–Crippen MR) is 55.2 cm³/mol. The lowest BCUT2D eigenvalue weighted by molar-refractivity contribution is -0.384. The molecule has 1 rings (SSSR count). The smallest absolute Gasteiger partial charge is 0.328 e. The van der Waals surface area contributed by atoms with Gasteiger partial charge in [-0.1, -0.05) is 0 Å². The molecular formula is C9H10N2O5. The Morgan fingerprint density at radius 3 is 2.38 bits per heavy atom. The summed E-state index contributed by atoms with van der Waals surface area (Å²) in [6.45, 7) is -0.563. The first-order valence-corrected chi connectivity index (χ1v) is 4.39. The molecule has 3 N–H and O–H groups in total. The van der Waals surface area contributed by atoms with Gasteiger partial charge in [-0.05, 0) is 12.1 Å². The van der Waals surface area contributed by atoms with Gasteiger partial charge in [0, 0.05) is 17.8 Å². The number of rotatable bonds is 5. The number of carboxylic acids is 1. The third-order valence-electron chi connectivity index (χ3n) is 1.90. The van der Waals surface area contributed by atoms with Crippen molar-refractivity contribution in [3.8, 4) is 0 Å². The Morgan fingerprint density at radius 1 is 1.44 bits per heavy atom. The second-order valence-electron chi connectivity index (χ2n) is 3.02. The normalized spacial score (nSPS) is 11.8. The van der Waals surface area contributed by atoms with Crippen molar-refractivity contribution in [2.24, 2.45) is 0 Å². The van der Waals surface area contributed by atoms with Crippen LogP contribution in [0.3, 0.4) is 0 Å². The number of aliphatic hydroxyl groups excluding tert-OH is 1. The number of hydrogen-bond acceptors (Lipinski definition) is 5. The number of benzene rings is 1. The van der Waals surface area contributed by atoms with Gasteiger partial charge in [-0.15, -0.1) is 0 Å². The number of anilines is 1. The molecule has 7 nitrogen and oxygen atoms in total. The average Bonchev–Trinajstić information content (AvgIpc) is 2.26. The molecule has 7 heteroatoms. The molecule has 0 saturated heterocycles. The Morgan fingerprint density at radius 2 is 2.00 bits per heavy atom. The van der Waals surface area contributed by atoms with E-state index in [1.165, 1.54) is 24.3 Å². The minimum Gasteiger partial charge on any atom is -0.480 e. The lowest BCUT2D eigenvalue weighted by Crippen LogP contribution is -2.32. The highest BCUT2D eigenvalue weighted by Crippen LogP contribution is 2.15. The second kappa shape index (κ2) is 5.08. The first-order chi connectivity index (χ1) is 7.54. The maximum atomic E-state index is 10.6. The van der Waals surface area contributed by atoms with E-state index < -0.39 is 23.5 Å². The molecule has 1 atom stereocenters. The van der Waals surface area contributed by atoms with E-state index in [0.29, 0.717) is 5.69 Å². The lowest BCUT2D eigenvalue weighted by atomic mass is 10.2. The van der Waals surface area contributed by atoms with E-state index in [2.05, 4.69) is 5.32 Å². The van der Waals surface area contributed by atoms with Gasteiger partial charge in [0.1, 0.15) is 6.04 Å². The van der Waals surface area contributed by atoms with Gasteiger partial charge in [-0.2, -0.15) is 0 Å². The summed E-state index contributed by atoms with van der Waals surface area (Å²) in [5.74, 6) is -1.19. The maximum Gasteiger partial charge on any atom is 0.328 e. The zero-order chi connectivity index (χ0) is 12.1. The van der Waals surface area contributed by atoms with E-state index in [0.717, 1.165) is 0 Å². The molecule has 0 heterocycles. The zero-order valence-electron chi connectivity index (χ0n) is 8.16. The fraction of sp³-hybridized carbons (Fsp3) is 0.222. The molecule has 0 aliphatic carbocycles. The van der Waals surface area contributed by atoms with Crippen LogP contribution in [0.2, 0.25) is 0 Å². The van der Waals surface area contributed by atoms with Crippen molar-refractivity contribution in [2.45, 2.75) is 6.04 Å². The molecule has 1 aromatic carbocycles. The average molecular weight is 226 g/mol. The van der Waals surface area contributed by atoms with E-state index >= 15 is 0 Å². The zero-order valence-corrected chi connectivity index (χ0v) is 8.16. The number of nitro groups is 1. The van der Waals surface area contributed by atoms with Gasteiger partial charge >= 0.3 is 5.97 Å². The van der Waals surface area contributed by atoms with Crippen molar-refractivity contribution in [3.63, 3.8) is 0 Å². The van der Waals surface area contributed by atoms with E-state index in [9.17, 15) is 14.9 Å². The minimum atomic E-state index is -1.19. The first kappa shape index (κ1) is 11.9. The van der Waals surface area contributed by atoms with Gasteiger partial charge in [0.2, 0.25) is 0 Å². The number of aliphatic carboxylic acids is 1. The molecule has 0 amide bonds. The molecule has 0 radical (unpaired) electrons. The summed E-state index contributed by atoms with van der Waals surface area (Å²) in [6.07, 6.45) is 0. The molecule has 1 unspecified atom stereocenters. The molecule has 0 saturated carbocycles. The number of carboxylic acid groups (broad SMARTS) is 1. The first-order valence-electron chi connectivity index (χ1n) is 4.39. The lowest BCUT2D eigenvalue weighted by Gasteiger charge is -2.12. The molecule has 0 aromatic heterocycles. The molecule has 0 spiro atoms. The molecular weight excluding hydrogens is 216 g/mol. The van der Waals surface area contributed by atoms with Gasteiger partial charge in [0.05, 0.1) is 11.5 Å². The summed E-state index contributed by atoms with van der Waals surface area (Å²) in [5, 5.41) is 30.3. The van der Waals surface area contributed by atoms with E-state index in [-0.39, 0.29) is 5.69 Å². The Labute approximate surface area is 90.5 Å². The molecule has 0 bridgehead atoms. The summed E-state index contributed by atoms with van der Waals surface area (Å²) >= 11 is 0. The molecule has 86 valence electrons. The number of hydrogen-bond donors (Lipinski definition) is 3. The number of nitro benzene ring substituents is 1. The van der Waals surface area contributed by atoms with E-state index in [1.54, 1.807) is 0 Å². The third-order valence-corrected chi connectivity index (χ3v) is 1.90. The minimum absolute atomic E-state index is 0.0820. The van der Waals surface area contributed by atoms with Crippen LogP contribution in [-0.4, -0.2) is 33.8 Å². The molecule has 16 heavy (non-hydrogen) atoms. The predicted octanol–water partition coefficient (Wildman–Crippen LogP) is 0.452. The summed E-state index contributed by atoms with van der Waals surface area (Å²) in [4.78, 5) is 20.4. The van der Waals surface area contributed by atoms with Crippen LogP contribution >= 0.6 is 0 Å². The monoisotopic (exact) mass is 226 g/mol. The van der Waals surface area contributed by atoms with Gasteiger partial charge in [-0.3, -0.25) is 10.1 Å². The topological polar surface area (TPSA) is 113 Å². The number of aliphatic hydroxyl groups is 1. The van der Waals surface area contributed by atoms with Crippen LogP contribution in [0.1, 0.15) is 0 Å². The van der Waals surface area contributed by atoms with Crippen molar-refractivity contribution >= 4 is 17.3 Å². The number of non-ortho nitro benzene ring substituents is 1. The van der Waals surface area contributed by atoms with Crippen molar-refractivity contribution in [3.05, 3.63) is 34.4 Å². The van der Waals surface area contributed by atoms with Gasteiger partial charge in [0.25, 0.3) is 5.69 Å². The van der Waals surface area contributed by atoms with Crippen molar-refractivity contribution in [2.75, 3.05) is 11.9 Å². The highest BCUT2D eigenvalue weighted by atomic mass is 16.6. The summed E-state index contributed by atoms with van der Waals surface area (Å²) in [6, 6.07) is 4.13. The Bertz CT molecular complexity index is 389. The van der Waals surface area contributed by atoms with Crippen LogP contribution in [0.25, 0.3) is 0 Å². The molecule has 0 aliphatic rings. The van der Waals surface area contributed by atoms with E-state index in [4.69, 9.17) is 10.2 Å². The number of nitrogens with one attached hydrogen (secondary N) is 1. The molecule has 0 fully saturated rings. The van der Waals surface area contributed by atoms with Crippen molar-refractivity contribution in [1.29, 1.82) is 0 Å². The Kier molecular flexibility index (Phi) is 3.78. The van der Waals surface area contributed by atoms with E-state index in [1.807, 2.05) is 0 Å². The SMILES string of the molecule is O=C(O)C(CO)Nc1ccc([N+](=O)[O-])cc1. The van der Waals surface area contributed by atoms with Crippen LogP contribution in [-0.2, 0) is 4.79 Å². The van der Waals surface area contributed by atoms with Crippen LogP contribution in [0.5, 0.6) is 0 Å². The summed E-state index contributed by atoms with van der Waals surface area (Å²) in [7, 11) is 0. The maximum absolute atomic E-state index is 10.6.